The van der Waals surface area contributed by atoms with E-state index in [0.29, 0.717) is 11.7 Å². The van der Waals surface area contributed by atoms with Crippen LogP contribution in [0.15, 0.2) is 28.8 Å². The van der Waals surface area contributed by atoms with E-state index in [4.69, 9.17) is 10.3 Å². The zero-order valence-corrected chi connectivity index (χ0v) is 10.9. The van der Waals surface area contributed by atoms with Crippen LogP contribution in [0.25, 0.3) is 11.5 Å². The first-order valence-corrected chi connectivity index (χ1v) is 6.43. The molecule has 0 saturated carbocycles. The summed E-state index contributed by atoms with van der Waals surface area (Å²) in [6.45, 7) is 4.20. The molecule has 0 amide bonds. The van der Waals surface area contributed by atoms with Crippen molar-refractivity contribution in [3.8, 4) is 11.5 Å². The average Bonchev–Trinajstić information content (AvgIpc) is 2.88. The molecule has 0 aliphatic rings. The fraction of sp³-hybridized carbons (Fsp3) is 0.429. The molecule has 18 heavy (non-hydrogen) atoms. The van der Waals surface area contributed by atoms with E-state index in [9.17, 15) is 0 Å². The Labute approximate surface area is 107 Å². The molecule has 1 aromatic carbocycles. The predicted octanol–water partition coefficient (Wildman–Crippen LogP) is 3.10. The molecule has 1 heterocycles. The molecule has 0 aliphatic carbocycles. The minimum Gasteiger partial charge on any atom is -0.334 e. The molecule has 2 N–H and O–H groups in total. The monoisotopic (exact) mass is 245 g/mol. The van der Waals surface area contributed by atoms with Crippen molar-refractivity contribution in [2.75, 3.05) is 0 Å². The smallest absolute Gasteiger partial charge is 0.258 e. The number of aromatic nitrogens is 2. The number of hydrogen-bond donors (Lipinski definition) is 1. The molecule has 96 valence electrons. The van der Waals surface area contributed by atoms with Crippen LogP contribution in [-0.2, 0) is 6.42 Å². The standard InChI is InChI=1S/C14H19N3O/c1-3-7-12(15)13-16-14(18-17-13)11-9-6-5-8-10(11)4-2/h5-6,8-9,12H,3-4,7,15H2,1-2H3. The lowest BCUT2D eigenvalue weighted by Crippen LogP contribution is -2.11. The fourth-order valence-corrected chi connectivity index (χ4v) is 1.97. The highest BCUT2D eigenvalue weighted by molar-refractivity contribution is 5.58. The highest BCUT2D eigenvalue weighted by Crippen LogP contribution is 2.24. The van der Waals surface area contributed by atoms with Crippen molar-refractivity contribution in [2.45, 2.75) is 39.2 Å². The van der Waals surface area contributed by atoms with Crippen LogP contribution in [0.1, 0.15) is 44.1 Å². The summed E-state index contributed by atoms with van der Waals surface area (Å²) in [5.74, 6) is 1.16. The van der Waals surface area contributed by atoms with Crippen LogP contribution in [0.4, 0.5) is 0 Å². The molecule has 0 bridgehead atoms. The lowest BCUT2D eigenvalue weighted by molar-refractivity contribution is 0.413. The van der Waals surface area contributed by atoms with Gasteiger partial charge in [-0.2, -0.15) is 4.98 Å². The summed E-state index contributed by atoms with van der Waals surface area (Å²) in [5, 5.41) is 3.98. The van der Waals surface area contributed by atoms with Gasteiger partial charge in [-0.1, -0.05) is 43.6 Å². The maximum absolute atomic E-state index is 5.98. The van der Waals surface area contributed by atoms with Crippen LogP contribution in [-0.4, -0.2) is 10.1 Å². The van der Waals surface area contributed by atoms with Gasteiger partial charge in [-0.05, 0) is 24.5 Å². The third kappa shape index (κ3) is 2.59. The van der Waals surface area contributed by atoms with Crippen LogP contribution in [0.2, 0.25) is 0 Å². The van der Waals surface area contributed by atoms with Gasteiger partial charge in [0.1, 0.15) is 0 Å². The van der Waals surface area contributed by atoms with Gasteiger partial charge in [-0.25, -0.2) is 0 Å². The normalized spacial score (nSPS) is 12.6. The van der Waals surface area contributed by atoms with Crippen molar-refractivity contribution in [3.05, 3.63) is 35.7 Å². The summed E-state index contributed by atoms with van der Waals surface area (Å²) in [6.07, 6.45) is 2.82. The van der Waals surface area contributed by atoms with Crippen LogP contribution in [0.3, 0.4) is 0 Å². The van der Waals surface area contributed by atoms with Crippen LogP contribution in [0, 0.1) is 0 Å². The van der Waals surface area contributed by atoms with Gasteiger partial charge in [0.2, 0.25) is 0 Å². The minimum atomic E-state index is -0.138. The SMILES string of the molecule is CCCC(N)c1noc(-c2ccccc2CC)n1. The number of rotatable bonds is 5. The van der Waals surface area contributed by atoms with E-state index in [-0.39, 0.29) is 6.04 Å². The van der Waals surface area contributed by atoms with Crippen molar-refractivity contribution < 1.29 is 4.52 Å². The Hall–Kier alpha value is -1.68. The van der Waals surface area contributed by atoms with E-state index < -0.39 is 0 Å². The third-order valence-corrected chi connectivity index (χ3v) is 3.00. The molecule has 2 aromatic rings. The maximum Gasteiger partial charge on any atom is 0.258 e. The first-order chi connectivity index (χ1) is 8.76. The van der Waals surface area contributed by atoms with Crippen molar-refractivity contribution in [2.24, 2.45) is 5.73 Å². The molecule has 0 saturated heterocycles. The number of aryl methyl sites for hydroxylation is 1. The van der Waals surface area contributed by atoms with E-state index in [1.807, 2.05) is 18.2 Å². The minimum absolute atomic E-state index is 0.138. The second-order valence-electron chi connectivity index (χ2n) is 4.36. The quantitative estimate of drug-likeness (QED) is 0.879. The molecular weight excluding hydrogens is 226 g/mol. The van der Waals surface area contributed by atoms with E-state index in [2.05, 4.69) is 30.1 Å². The van der Waals surface area contributed by atoms with Gasteiger partial charge in [-0.15, -0.1) is 0 Å². The lowest BCUT2D eigenvalue weighted by Gasteiger charge is -2.03. The summed E-state index contributed by atoms with van der Waals surface area (Å²) >= 11 is 0. The summed E-state index contributed by atoms with van der Waals surface area (Å²) in [4.78, 5) is 4.40. The predicted molar refractivity (Wildman–Crippen MR) is 70.9 cm³/mol. The molecule has 0 aliphatic heterocycles. The number of hydrogen-bond acceptors (Lipinski definition) is 4. The topological polar surface area (TPSA) is 64.9 Å². The molecular formula is C14H19N3O. The highest BCUT2D eigenvalue weighted by atomic mass is 16.5. The third-order valence-electron chi connectivity index (χ3n) is 3.00. The van der Waals surface area contributed by atoms with Crippen molar-refractivity contribution >= 4 is 0 Å². The van der Waals surface area contributed by atoms with Crippen LogP contribution >= 0.6 is 0 Å². The van der Waals surface area contributed by atoms with E-state index in [1.54, 1.807) is 0 Å². The van der Waals surface area contributed by atoms with Crippen molar-refractivity contribution in [3.63, 3.8) is 0 Å². The van der Waals surface area contributed by atoms with Crippen LogP contribution < -0.4 is 5.73 Å². The Morgan fingerprint density at radius 1 is 1.28 bits per heavy atom. The van der Waals surface area contributed by atoms with Crippen molar-refractivity contribution in [1.29, 1.82) is 0 Å². The van der Waals surface area contributed by atoms with E-state index >= 15 is 0 Å². The molecule has 0 fully saturated rings. The number of nitrogens with zero attached hydrogens (tertiary/aromatic N) is 2. The summed E-state index contributed by atoms with van der Waals surface area (Å²) in [6, 6.07) is 7.93. The van der Waals surface area contributed by atoms with Gasteiger partial charge in [-0.3, -0.25) is 0 Å². The first-order valence-electron chi connectivity index (χ1n) is 6.43. The van der Waals surface area contributed by atoms with E-state index in [1.165, 1.54) is 5.56 Å². The molecule has 4 nitrogen and oxygen atoms in total. The molecule has 2 rings (SSSR count). The molecule has 1 aromatic heterocycles. The Kier molecular flexibility index (Phi) is 4.10. The highest BCUT2D eigenvalue weighted by Gasteiger charge is 2.15. The molecule has 0 radical (unpaired) electrons. The molecule has 1 atom stereocenters. The Morgan fingerprint density at radius 2 is 2.06 bits per heavy atom. The average molecular weight is 245 g/mol. The zero-order chi connectivity index (χ0) is 13.0. The summed E-state index contributed by atoms with van der Waals surface area (Å²) in [5.41, 5.74) is 8.19. The Balaban J connectivity index is 2.29. The first kappa shape index (κ1) is 12.8. The van der Waals surface area contributed by atoms with Gasteiger partial charge in [0.15, 0.2) is 5.82 Å². The second kappa shape index (κ2) is 5.78. The van der Waals surface area contributed by atoms with Gasteiger partial charge in [0.05, 0.1) is 6.04 Å². The lowest BCUT2D eigenvalue weighted by atomic mass is 10.1. The fourth-order valence-electron chi connectivity index (χ4n) is 1.97. The number of nitrogens with two attached hydrogens (primary N) is 1. The summed E-state index contributed by atoms with van der Waals surface area (Å²) in [7, 11) is 0. The van der Waals surface area contributed by atoms with E-state index in [0.717, 1.165) is 24.8 Å². The van der Waals surface area contributed by atoms with Crippen LogP contribution in [0.5, 0.6) is 0 Å². The Bertz CT molecular complexity index is 507. The molecule has 1 unspecified atom stereocenters. The zero-order valence-electron chi connectivity index (χ0n) is 10.9. The number of benzene rings is 1. The molecule has 0 spiro atoms. The van der Waals surface area contributed by atoms with Gasteiger partial charge >= 0.3 is 0 Å². The second-order valence-corrected chi connectivity index (χ2v) is 4.36. The molecule has 4 heteroatoms. The van der Waals surface area contributed by atoms with Crippen molar-refractivity contribution in [1.82, 2.24) is 10.1 Å². The van der Waals surface area contributed by atoms with Gasteiger partial charge in [0.25, 0.3) is 5.89 Å². The van der Waals surface area contributed by atoms with Gasteiger partial charge < -0.3 is 10.3 Å². The van der Waals surface area contributed by atoms with Gasteiger partial charge in [0, 0.05) is 5.56 Å². The maximum atomic E-state index is 5.98. The Morgan fingerprint density at radius 3 is 2.78 bits per heavy atom. The largest absolute Gasteiger partial charge is 0.334 e. The summed E-state index contributed by atoms with van der Waals surface area (Å²) < 4.78 is 5.32.